The van der Waals surface area contributed by atoms with E-state index in [1.54, 1.807) is 0 Å². The van der Waals surface area contributed by atoms with Crippen LogP contribution in [-0.2, 0) is 9.53 Å². The van der Waals surface area contributed by atoms with Gasteiger partial charge in [-0.15, -0.1) is 0 Å². The number of cyclic esters (lactones) is 1. The highest BCUT2D eigenvalue weighted by Gasteiger charge is 2.29. The molecule has 4 heteroatoms. The van der Waals surface area contributed by atoms with Crippen molar-refractivity contribution in [3.05, 3.63) is 12.2 Å². The Labute approximate surface area is 88.9 Å². The Morgan fingerprint density at radius 1 is 1.60 bits per heavy atom. The molecule has 1 aliphatic heterocycles. The maximum atomic E-state index is 11.7. The lowest BCUT2D eigenvalue weighted by Crippen LogP contribution is -2.32. The quantitative estimate of drug-likeness (QED) is 0.650. The SMILES string of the molecule is O=C(CC1C=CCCC1)N1CCOC1=O. The molecule has 0 aromatic carbocycles. The van der Waals surface area contributed by atoms with Crippen molar-refractivity contribution in [2.24, 2.45) is 5.92 Å². The molecule has 4 nitrogen and oxygen atoms in total. The molecule has 1 unspecified atom stereocenters. The summed E-state index contributed by atoms with van der Waals surface area (Å²) >= 11 is 0. The summed E-state index contributed by atoms with van der Waals surface area (Å²) in [5.74, 6) is 0.203. The average molecular weight is 209 g/mol. The van der Waals surface area contributed by atoms with Gasteiger partial charge < -0.3 is 4.74 Å². The van der Waals surface area contributed by atoms with Gasteiger partial charge in [0, 0.05) is 6.42 Å². The summed E-state index contributed by atoms with van der Waals surface area (Å²) in [7, 11) is 0. The minimum Gasteiger partial charge on any atom is -0.447 e. The van der Waals surface area contributed by atoms with Gasteiger partial charge >= 0.3 is 6.09 Å². The molecule has 1 saturated heterocycles. The number of imide groups is 1. The van der Waals surface area contributed by atoms with Gasteiger partial charge in [0.15, 0.2) is 0 Å². The lowest BCUT2D eigenvalue weighted by atomic mass is 9.93. The van der Waals surface area contributed by atoms with E-state index in [-0.39, 0.29) is 5.91 Å². The summed E-state index contributed by atoms with van der Waals surface area (Å²) < 4.78 is 4.72. The standard InChI is InChI=1S/C11H15NO3/c13-10(12-6-7-15-11(12)14)8-9-4-2-1-3-5-9/h2,4,9H,1,3,5-8H2. The van der Waals surface area contributed by atoms with Crippen molar-refractivity contribution < 1.29 is 14.3 Å². The van der Waals surface area contributed by atoms with E-state index in [1.807, 2.05) is 0 Å². The molecule has 0 spiro atoms. The Kier molecular flexibility index (Phi) is 3.04. The van der Waals surface area contributed by atoms with E-state index in [0.29, 0.717) is 25.5 Å². The summed E-state index contributed by atoms with van der Waals surface area (Å²) in [6.45, 7) is 0.749. The molecule has 2 rings (SSSR count). The Morgan fingerprint density at radius 2 is 2.47 bits per heavy atom. The molecular weight excluding hydrogens is 194 g/mol. The fraction of sp³-hybridized carbons (Fsp3) is 0.636. The van der Waals surface area contributed by atoms with Crippen LogP contribution in [0.3, 0.4) is 0 Å². The predicted molar refractivity (Wildman–Crippen MR) is 54.2 cm³/mol. The maximum Gasteiger partial charge on any atom is 0.416 e. The van der Waals surface area contributed by atoms with Gasteiger partial charge in [-0.05, 0) is 25.2 Å². The molecule has 0 saturated carbocycles. The van der Waals surface area contributed by atoms with Crippen molar-refractivity contribution in [3.8, 4) is 0 Å². The highest BCUT2D eigenvalue weighted by Crippen LogP contribution is 2.21. The molecule has 15 heavy (non-hydrogen) atoms. The summed E-state index contributed by atoms with van der Waals surface area (Å²) in [4.78, 5) is 24.0. The van der Waals surface area contributed by atoms with Crippen molar-refractivity contribution in [1.29, 1.82) is 0 Å². The van der Waals surface area contributed by atoms with Crippen molar-refractivity contribution in [2.45, 2.75) is 25.7 Å². The summed E-state index contributed by atoms with van der Waals surface area (Å²) in [5.41, 5.74) is 0. The molecule has 0 N–H and O–H groups in total. The van der Waals surface area contributed by atoms with Crippen molar-refractivity contribution >= 4 is 12.0 Å². The molecule has 1 atom stereocenters. The number of allylic oxidation sites excluding steroid dienone is 2. The smallest absolute Gasteiger partial charge is 0.416 e. The molecule has 1 heterocycles. The average Bonchev–Trinajstić information content (AvgIpc) is 2.66. The van der Waals surface area contributed by atoms with Crippen molar-refractivity contribution in [3.63, 3.8) is 0 Å². The number of hydrogen-bond donors (Lipinski definition) is 0. The topological polar surface area (TPSA) is 46.6 Å². The van der Waals surface area contributed by atoms with Gasteiger partial charge in [-0.25, -0.2) is 9.69 Å². The fourth-order valence-electron chi connectivity index (χ4n) is 2.01. The van der Waals surface area contributed by atoms with Gasteiger partial charge in [-0.3, -0.25) is 4.79 Å². The molecular formula is C11H15NO3. The highest BCUT2D eigenvalue weighted by atomic mass is 16.6. The molecule has 1 fully saturated rings. The highest BCUT2D eigenvalue weighted by molar-refractivity contribution is 5.93. The van der Waals surface area contributed by atoms with E-state index in [9.17, 15) is 9.59 Å². The molecule has 0 bridgehead atoms. The summed E-state index contributed by atoms with van der Waals surface area (Å²) in [6, 6.07) is 0. The Balaban J connectivity index is 1.88. The summed E-state index contributed by atoms with van der Waals surface area (Å²) in [5, 5.41) is 0. The molecule has 1 aliphatic carbocycles. The van der Waals surface area contributed by atoms with Crippen molar-refractivity contribution in [1.82, 2.24) is 4.90 Å². The van der Waals surface area contributed by atoms with Crippen LogP contribution in [0, 0.1) is 5.92 Å². The Morgan fingerprint density at radius 3 is 3.07 bits per heavy atom. The minimum absolute atomic E-state index is 0.103. The van der Waals surface area contributed by atoms with Gasteiger partial charge in [-0.1, -0.05) is 12.2 Å². The Bertz CT molecular complexity index is 298. The van der Waals surface area contributed by atoms with Crippen LogP contribution in [0.25, 0.3) is 0 Å². The summed E-state index contributed by atoms with van der Waals surface area (Å²) in [6.07, 6.45) is 7.44. The minimum atomic E-state index is -0.486. The fourth-order valence-corrected chi connectivity index (χ4v) is 2.01. The van der Waals surface area contributed by atoms with Gasteiger partial charge in [0.1, 0.15) is 6.61 Å². The first-order valence-electron chi connectivity index (χ1n) is 5.41. The van der Waals surface area contributed by atoms with Crippen LogP contribution in [0.1, 0.15) is 25.7 Å². The number of ether oxygens (including phenoxy) is 1. The lowest BCUT2D eigenvalue weighted by molar-refractivity contribution is -0.128. The van der Waals surface area contributed by atoms with Gasteiger partial charge in [0.05, 0.1) is 6.54 Å². The van der Waals surface area contributed by atoms with E-state index in [2.05, 4.69) is 12.2 Å². The molecule has 2 aliphatic rings. The lowest BCUT2D eigenvalue weighted by Gasteiger charge is -2.17. The van der Waals surface area contributed by atoms with E-state index in [0.717, 1.165) is 19.3 Å². The number of amides is 2. The molecule has 82 valence electrons. The van der Waals surface area contributed by atoms with Crippen molar-refractivity contribution in [2.75, 3.05) is 13.2 Å². The number of rotatable bonds is 2. The van der Waals surface area contributed by atoms with E-state index < -0.39 is 6.09 Å². The molecule has 0 radical (unpaired) electrons. The van der Waals surface area contributed by atoms with Gasteiger partial charge in [0.25, 0.3) is 0 Å². The van der Waals surface area contributed by atoms with E-state index >= 15 is 0 Å². The molecule has 2 amide bonds. The normalized spacial score (nSPS) is 25.5. The van der Waals surface area contributed by atoms with Crippen LogP contribution in [0.2, 0.25) is 0 Å². The predicted octanol–water partition coefficient (Wildman–Crippen LogP) is 1.71. The van der Waals surface area contributed by atoms with E-state index in [4.69, 9.17) is 4.74 Å². The third kappa shape index (κ3) is 2.37. The van der Waals surface area contributed by atoms with Crippen LogP contribution in [-0.4, -0.2) is 30.1 Å². The second-order valence-corrected chi connectivity index (χ2v) is 3.98. The van der Waals surface area contributed by atoms with Crippen LogP contribution in [0.4, 0.5) is 4.79 Å². The number of hydrogen-bond acceptors (Lipinski definition) is 3. The maximum absolute atomic E-state index is 11.7. The molecule has 0 aromatic rings. The monoisotopic (exact) mass is 209 g/mol. The van der Waals surface area contributed by atoms with Crippen LogP contribution >= 0.6 is 0 Å². The third-order valence-electron chi connectivity index (χ3n) is 2.85. The van der Waals surface area contributed by atoms with Gasteiger partial charge in [-0.2, -0.15) is 0 Å². The second-order valence-electron chi connectivity index (χ2n) is 3.98. The zero-order valence-electron chi connectivity index (χ0n) is 8.65. The molecule has 0 aromatic heterocycles. The first kappa shape index (κ1) is 10.2. The number of carbonyl (C=O) groups excluding carboxylic acids is 2. The number of nitrogens with zero attached hydrogens (tertiary/aromatic N) is 1. The number of carbonyl (C=O) groups is 2. The van der Waals surface area contributed by atoms with Crippen LogP contribution in [0.5, 0.6) is 0 Å². The third-order valence-corrected chi connectivity index (χ3v) is 2.85. The van der Waals surface area contributed by atoms with Gasteiger partial charge in [0.2, 0.25) is 5.91 Å². The largest absolute Gasteiger partial charge is 0.447 e. The first-order chi connectivity index (χ1) is 7.27. The Hall–Kier alpha value is -1.32. The van der Waals surface area contributed by atoms with E-state index in [1.165, 1.54) is 4.90 Å². The second kappa shape index (κ2) is 4.47. The zero-order valence-corrected chi connectivity index (χ0v) is 8.65. The zero-order chi connectivity index (χ0) is 10.7. The van der Waals surface area contributed by atoms with Crippen LogP contribution in [0.15, 0.2) is 12.2 Å². The first-order valence-corrected chi connectivity index (χ1v) is 5.41. The van der Waals surface area contributed by atoms with Crippen LogP contribution < -0.4 is 0 Å².